The third kappa shape index (κ3) is 3.17. The Morgan fingerprint density at radius 2 is 1.81 bits per heavy atom. The van der Waals surface area contributed by atoms with Crippen LogP contribution in [0.5, 0.6) is 0 Å². The van der Waals surface area contributed by atoms with Gasteiger partial charge in [0, 0.05) is 0 Å². The van der Waals surface area contributed by atoms with E-state index in [0.29, 0.717) is 33.0 Å². The minimum absolute atomic E-state index is 0.0518. The quantitative estimate of drug-likeness (QED) is 0.731. The molecule has 2 heterocycles. The molecule has 0 N–H and O–H groups in total. The summed E-state index contributed by atoms with van der Waals surface area (Å²) in [5, 5.41) is 0. The van der Waals surface area contributed by atoms with Crippen LogP contribution in [0.15, 0.2) is 0 Å². The van der Waals surface area contributed by atoms with E-state index in [-0.39, 0.29) is 18.3 Å². The maximum atomic E-state index is 5.80. The lowest BCUT2D eigenvalue weighted by molar-refractivity contribution is -0.215. The molecule has 0 bridgehead atoms. The molecule has 0 spiro atoms. The Balaban J connectivity index is 1.86. The molecule has 3 atom stereocenters. The number of hydrogen-bond donors (Lipinski definition) is 0. The molecular weight excluding hydrogens is 208 g/mol. The van der Waals surface area contributed by atoms with Crippen LogP contribution in [-0.2, 0) is 18.9 Å². The third-order valence-corrected chi connectivity index (χ3v) is 3.14. The Hall–Kier alpha value is -0.160. The lowest BCUT2D eigenvalue weighted by Gasteiger charge is -2.38. The van der Waals surface area contributed by atoms with Crippen LogP contribution in [0.4, 0.5) is 0 Å². The van der Waals surface area contributed by atoms with Gasteiger partial charge in [0.2, 0.25) is 0 Å². The van der Waals surface area contributed by atoms with Crippen molar-refractivity contribution in [2.75, 3.05) is 33.0 Å². The lowest BCUT2D eigenvalue weighted by Crippen LogP contribution is -2.50. The lowest BCUT2D eigenvalue weighted by atomic mass is 10.0. The molecule has 0 aromatic carbocycles. The molecule has 2 rings (SSSR count). The fraction of sp³-hybridized carbons (Fsp3) is 1.00. The second-order valence-corrected chi connectivity index (χ2v) is 4.37. The van der Waals surface area contributed by atoms with E-state index >= 15 is 0 Å². The molecule has 2 aliphatic heterocycles. The molecule has 0 aromatic rings. The van der Waals surface area contributed by atoms with Gasteiger partial charge in [0.05, 0.1) is 39.1 Å². The molecule has 4 nitrogen and oxygen atoms in total. The average Bonchev–Trinajstić information content (AvgIpc) is 2.38. The van der Waals surface area contributed by atoms with Gasteiger partial charge in [-0.3, -0.25) is 0 Å². The van der Waals surface area contributed by atoms with Crippen LogP contribution in [0.2, 0.25) is 0 Å². The Morgan fingerprint density at radius 1 is 1.00 bits per heavy atom. The zero-order valence-electron chi connectivity index (χ0n) is 10.0. The molecular formula is C12H22O4. The van der Waals surface area contributed by atoms with Crippen molar-refractivity contribution in [3.8, 4) is 0 Å². The first-order valence-electron chi connectivity index (χ1n) is 6.34. The fourth-order valence-electron chi connectivity index (χ4n) is 2.28. The summed E-state index contributed by atoms with van der Waals surface area (Å²) < 4.78 is 22.7. The van der Waals surface area contributed by atoms with Crippen LogP contribution in [0.25, 0.3) is 0 Å². The Kier molecular flexibility index (Phi) is 5.03. The summed E-state index contributed by atoms with van der Waals surface area (Å²) in [6.07, 6.45) is 3.71. The molecule has 2 aliphatic rings. The molecule has 16 heavy (non-hydrogen) atoms. The maximum absolute atomic E-state index is 5.80. The molecule has 0 aromatic heterocycles. The molecule has 0 saturated carbocycles. The van der Waals surface area contributed by atoms with Gasteiger partial charge in [-0.25, -0.2) is 0 Å². The SMILES string of the molecule is CCCCC1OCCOC1C1COCCO1. The Bertz CT molecular complexity index is 191. The molecule has 0 radical (unpaired) electrons. The van der Waals surface area contributed by atoms with E-state index < -0.39 is 0 Å². The van der Waals surface area contributed by atoms with Crippen molar-refractivity contribution in [2.45, 2.75) is 44.5 Å². The first-order chi connectivity index (χ1) is 7.92. The monoisotopic (exact) mass is 230 g/mol. The summed E-state index contributed by atoms with van der Waals surface area (Å²) in [5.41, 5.74) is 0. The summed E-state index contributed by atoms with van der Waals surface area (Å²) in [5.74, 6) is 0. The van der Waals surface area contributed by atoms with E-state index in [9.17, 15) is 0 Å². The van der Waals surface area contributed by atoms with E-state index in [0.717, 1.165) is 6.42 Å². The summed E-state index contributed by atoms with van der Waals surface area (Å²) in [6.45, 7) is 5.58. The standard InChI is InChI=1S/C12H22O4/c1-2-3-4-10-12(16-8-7-14-10)11-9-13-5-6-15-11/h10-12H,2-9H2,1H3. The topological polar surface area (TPSA) is 36.9 Å². The zero-order chi connectivity index (χ0) is 11.2. The van der Waals surface area contributed by atoms with E-state index in [4.69, 9.17) is 18.9 Å². The maximum Gasteiger partial charge on any atom is 0.112 e. The molecule has 2 saturated heterocycles. The van der Waals surface area contributed by atoms with Crippen LogP contribution in [-0.4, -0.2) is 51.3 Å². The first-order valence-corrected chi connectivity index (χ1v) is 6.34. The van der Waals surface area contributed by atoms with E-state index in [1.807, 2.05) is 0 Å². The van der Waals surface area contributed by atoms with Crippen LogP contribution < -0.4 is 0 Å². The number of hydrogen-bond acceptors (Lipinski definition) is 4. The van der Waals surface area contributed by atoms with E-state index in [2.05, 4.69) is 6.92 Å². The van der Waals surface area contributed by atoms with Crippen LogP contribution >= 0.6 is 0 Å². The van der Waals surface area contributed by atoms with Gasteiger partial charge in [-0.15, -0.1) is 0 Å². The van der Waals surface area contributed by atoms with Crippen LogP contribution in [0.3, 0.4) is 0 Å². The van der Waals surface area contributed by atoms with E-state index in [1.165, 1.54) is 12.8 Å². The van der Waals surface area contributed by atoms with Gasteiger partial charge in [0.1, 0.15) is 12.2 Å². The molecule has 0 aliphatic carbocycles. The number of rotatable bonds is 4. The Labute approximate surface area is 97.2 Å². The molecule has 2 fully saturated rings. The summed E-state index contributed by atoms with van der Waals surface area (Å²) in [7, 11) is 0. The van der Waals surface area contributed by atoms with Crippen molar-refractivity contribution >= 4 is 0 Å². The van der Waals surface area contributed by atoms with Crippen molar-refractivity contribution in [1.29, 1.82) is 0 Å². The number of unbranched alkanes of at least 4 members (excludes halogenated alkanes) is 1. The van der Waals surface area contributed by atoms with Gasteiger partial charge in [0.15, 0.2) is 0 Å². The second kappa shape index (κ2) is 6.55. The Morgan fingerprint density at radius 3 is 2.56 bits per heavy atom. The molecule has 4 heteroatoms. The average molecular weight is 230 g/mol. The van der Waals surface area contributed by atoms with Gasteiger partial charge in [-0.2, -0.15) is 0 Å². The van der Waals surface area contributed by atoms with E-state index in [1.54, 1.807) is 0 Å². The summed E-state index contributed by atoms with van der Waals surface area (Å²) in [4.78, 5) is 0. The first kappa shape index (κ1) is 12.3. The molecule has 3 unspecified atom stereocenters. The van der Waals surface area contributed by atoms with Gasteiger partial charge in [-0.1, -0.05) is 19.8 Å². The summed E-state index contributed by atoms with van der Waals surface area (Å²) >= 11 is 0. The fourth-order valence-corrected chi connectivity index (χ4v) is 2.28. The second-order valence-electron chi connectivity index (χ2n) is 4.37. The van der Waals surface area contributed by atoms with Crippen LogP contribution in [0, 0.1) is 0 Å². The van der Waals surface area contributed by atoms with Crippen molar-refractivity contribution in [3.63, 3.8) is 0 Å². The minimum Gasteiger partial charge on any atom is -0.376 e. The highest BCUT2D eigenvalue weighted by molar-refractivity contribution is 4.83. The van der Waals surface area contributed by atoms with Gasteiger partial charge < -0.3 is 18.9 Å². The smallest absolute Gasteiger partial charge is 0.112 e. The van der Waals surface area contributed by atoms with Crippen molar-refractivity contribution < 1.29 is 18.9 Å². The van der Waals surface area contributed by atoms with Crippen molar-refractivity contribution in [2.24, 2.45) is 0 Å². The largest absolute Gasteiger partial charge is 0.376 e. The highest BCUT2D eigenvalue weighted by Crippen LogP contribution is 2.22. The highest BCUT2D eigenvalue weighted by Gasteiger charge is 2.35. The number of ether oxygens (including phenoxy) is 4. The van der Waals surface area contributed by atoms with Crippen molar-refractivity contribution in [1.82, 2.24) is 0 Å². The predicted octanol–water partition coefficient (Wildman–Crippen LogP) is 1.38. The van der Waals surface area contributed by atoms with Gasteiger partial charge >= 0.3 is 0 Å². The minimum atomic E-state index is 0.0518. The van der Waals surface area contributed by atoms with Gasteiger partial charge in [0.25, 0.3) is 0 Å². The zero-order valence-corrected chi connectivity index (χ0v) is 10.0. The normalized spacial score (nSPS) is 36.2. The molecule has 94 valence electrons. The van der Waals surface area contributed by atoms with Gasteiger partial charge in [-0.05, 0) is 6.42 Å². The van der Waals surface area contributed by atoms with Crippen molar-refractivity contribution in [3.05, 3.63) is 0 Å². The summed E-state index contributed by atoms with van der Waals surface area (Å²) in [6, 6.07) is 0. The van der Waals surface area contributed by atoms with Crippen LogP contribution in [0.1, 0.15) is 26.2 Å². The highest BCUT2D eigenvalue weighted by atomic mass is 16.6. The predicted molar refractivity (Wildman–Crippen MR) is 59.6 cm³/mol. The molecule has 0 amide bonds. The third-order valence-electron chi connectivity index (χ3n) is 3.14.